The standard InChI is InChI=1S/C24H22F2N4O3/c1-14-2-3-17(11-27-14)33-22-18(25)8-15(9-19(22)26)12-32-20-10-21-29(23(31)28-20)13-24-6-4-16(5-7-24)30(21)24/h2-3,8-11,16H,4-7,12-13H2,1H3. The molecule has 0 radical (unpaired) electrons. The van der Waals surface area contributed by atoms with E-state index in [9.17, 15) is 13.6 Å². The molecule has 6 rings (SSSR count). The van der Waals surface area contributed by atoms with Crippen LogP contribution < -0.4 is 20.1 Å². The number of halogens is 2. The van der Waals surface area contributed by atoms with Crippen LogP contribution in [0.15, 0.2) is 41.3 Å². The van der Waals surface area contributed by atoms with Gasteiger partial charge in [-0.1, -0.05) is 0 Å². The van der Waals surface area contributed by atoms with E-state index >= 15 is 0 Å². The average Bonchev–Trinajstić information content (AvgIpc) is 3.42. The van der Waals surface area contributed by atoms with E-state index in [1.165, 1.54) is 6.20 Å². The van der Waals surface area contributed by atoms with Gasteiger partial charge < -0.3 is 14.4 Å². The quantitative estimate of drug-likeness (QED) is 0.580. The number of aromatic nitrogens is 3. The van der Waals surface area contributed by atoms with Crippen LogP contribution in [0.1, 0.15) is 36.9 Å². The summed E-state index contributed by atoms with van der Waals surface area (Å²) in [5.74, 6) is -0.996. The van der Waals surface area contributed by atoms with E-state index in [1.807, 2.05) is 0 Å². The van der Waals surface area contributed by atoms with E-state index in [0.717, 1.165) is 49.3 Å². The van der Waals surface area contributed by atoms with Gasteiger partial charge in [-0.05, 0) is 62.4 Å². The van der Waals surface area contributed by atoms with E-state index in [4.69, 9.17) is 9.47 Å². The van der Waals surface area contributed by atoms with Crippen LogP contribution in [0.25, 0.3) is 0 Å². The normalized spacial score (nSPS) is 22.4. The number of benzene rings is 1. The average molecular weight is 452 g/mol. The fraction of sp³-hybridized carbons (Fsp3) is 0.375. The molecule has 0 amide bonds. The molecule has 2 aromatic heterocycles. The lowest BCUT2D eigenvalue weighted by atomic mass is 9.88. The largest absolute Gasteiger partial charge is 0.473 e. The number of pyridine rings is 1. The van der Waals surface area contributed by atoms with Gasteiger partial charge in [-0.15, -0.1) is 0 Å². The third kappa shape index (κ3) is 3.25. The Morgan fingerprint density at radius 2 is 1.91 bits per heavy atom. The maximum atomic E-state index is 14.6. The number of fused-ring (bicyclic) bond motifs is 1. The van der Waals surface area contributed by atoms with E-state index in [2.05, 4.69) is 14.9 Å². The minimum atomic E-state index is -0.855. The summed E-state index contributed by atoms with van der Waals surface area (Å²) in [6.45, 7) is 2.33. The van der Waals surface area contributed by atoms with Crippen molar-refractivity contribution >= 4 is 5.82 Å². The molecule has 3 aliphatic heterocycles. The minimum absolute atomic E-state index is 0.0339. The molecule has 170 valence electrons. The topological polar surface area (TPSA) is 69.5 Å². The maximum Gasteiger partial charge on any atom is 0.352 e. The second kappa shape index (κ2) is 7.26. The Balaban J connectivity index is 1.21. The van der Waals surface area contributed by atoms with Crippen LogP contribution >= 0.6 is 0 Å². The van der Waals surface area contributed by atoms with Crippen LogP contribution in [-0.2, 0) is 13.2 Å². The summed E-state index contributed by atoms with van der Waals surface area (Å²) in [5, 5.41) is 0. The zero-order valence-electron chi connectivity index (χ0n) is 18.1. The summed E-state index contributed by atoms with van der Waals surface area (Å²) in [7, 11) is 0. The number of rotatable bonds is 5. The molecule has 5 heterocycles. The van der Waals surface area contributed by atoms with Gasteiger partial charge in [-0.3, -0.25) is 9.55 Å². The molecule has 1 aromatic carbocycles. The van der Waals surface area contributed by atoms with Crippen molar-refractivity contribution in [2.45, 2.75) is 57.3 Å². The Labute approximate surface area is 188 Å². The van der Waals surface area contributed by atoms with Gasteiger partial charge in [0.25, 0.3) is 0 Å². The minimum Gasteiger partial charge on any atom is -0.473 e. The number of nitrogens with zero attached hydrogens (tertiary/aromatic N) is 4. The number of anilines is 1. The molecule has 0 unspecified atom stereocenters. The van der Waals surface area contributed by atoms with Crippen molar-refractivity contribution in [3.63, 3.8) is 0 Å². The van der Waals surface area contributed by atoms with Crippen molar-refractivity contribution < 1.29 is 18.3 Å². The van der Waals surface area contributed by atoms with Crippen LogP contribution in [-0.4, -0.2) is 26.1 Å². The van der Waals surface area contributed by atoms with Crippen molar-refractivity contribution in [2.24, 2.45) is 0 Å². The number of hydrogen-bond acceptors (Lipinski definition) is 6. The molecule has 2 saturated heterocycles. The summed E-state index contributed by atoms with van der Waals surface area (Å²) in [4.78, 5) is 23.0. The van der Waals surface area contributed by atoms with Gasteiger partial charge in [-0.25, -0.2) is 13.6 Å². The lowest BCUT2D eigenvalue weighted by Gasteiger charge is -2.27. The second-order valence-corrected chi connectivity index (χ2v) is 9.06. The zero-order chi connectivity index (χ0) is 22.7. The van der Waals surface area contributed by atoms with Crippen molar-refractivity contribution in [3.8, 4) is 17.4 Å². The highest BCUT2D eigenvalue weighted by Gasteiger charge is 2.56. The molecule has 3 aromatic rings. The first-order chi connectivity index (χ1) is 15.9. The van der Waals surface area contributed by atoms with Gasteiger partial charge in [0.2, 0.25) is 5.88 Å². The molecule has 3 aliphatic rings. The Morgan fingerprint density at radius 1 is 1.15 bits per heavy atom. The molecule has 0 N–H and O–H groups in total. The summed E-state index contributed by atoms with van der Waals surface area (Å²) in [5.41, 5.74) is 0.707. The third-order valence-electron chi connectivity index (χ3n) is 6.98. The molecule has 2 fully saturated rings. The second-order valence-electron chi connectivity index (χ2n) is 9.06. The van der Waals surface area contributed by atoms with Crippen molar-refractivity contribution in [3.05, 3.63) is 69.9 Å². The SMILES string of the molecule is Cc1ccc(Oc2c(F)cc(COc3cc4n(c(=O)n3)CC35CCC(CC3)N45)cc2F)cn1. The van der Waals surface area contributed by atoms with Crippen molar-refractivity contribution in [1.82, 2.24) is 14.5 Å². The van der Waals surface area contributed by atoms with E-state index in [-0.39, 0.29) is 35.0 Å². The first kappa shape index (κ1) is 20.1. The fourth-order valence-corrected chi connectivity index (χ4v) is 5.46. The molecule has 0 aliphatic carbocycles. The predicted molar refractivity (Wildman–Crippen MR) is 116 cm³/mol. The molecule has 0 spiro atoms. The van der Waals surface area contributed by atoms with Crippen LogP contribution in [0.3, 0.4) is 0 Å². The Bertz CT molecular complexity index is 1280. The van der Waals surface area contributed by atoms with Gasteiger partial charge in [0, 0.05) is 17.8 Å². The fourth-order valence-electron chi connectivity index (χ4n) is 5.46. The highest BCUT2D eigenvalue weighted by molar-refractivity contribution is 5.54. The maximum absolute atomic E-state index is 14.6. The highest BCUT2D eigenvalue weighted by atomic mass is 19.1. The zero-order valence-corrected chi connectivity index (χ0v) is 18.1. The van der Waals surface area contributed by atoms with Gasteiger partial charge in [0.1, 0.15) is 18.2 Å². The molecule has 9 heteroatoms. The monoisotopic (exact) mass is 452 g/mol. The Morgan fingerprint density at radius 3 is 2.61 bits per heavy atom. The molecular weight excluding hydrogens is 430 g/mol. The number of aryl methyl sites for hydroxylation is 1. The summed E-state index contributed by atoms with van der Waals surface area (Å²) >= 11 is 0. The molecule has 0 atom stereocenters. The summed E-state index contributed by atoms with van der Waals surface area (Å²) in [6, 6.07) is 7.79. The van der Waals surface area contributed by atoms with Gasteiger partial charge in [0.05, 0.1) is 18.3 Å². The lowest BCUT2D eigenvalue weighted by molar-refractivity contribution is 0.289. The Hall–Kier alpha value is -3.49. The van der Waals surface area contributed by atoms with Crippen LogP contribution in [0.4, 0.5) is 14.6 Å². The molecule has 7 nitrogen and oxygen atoms in total. The molecule has 2 bridgehead atoms. The van der Waals surface area contributed by atoms with Crippen LogP contribution in [0, 0.1) is 18.6 Å². The third-order valence-corrected chi connectivity index (χ3v) is 6.98. The molecule has 0 saturated carbocycles. The van der Waals surface area contributed by atoms with E-state index in [1.54, 1.807) is 29.7 Å². The van der Waals surface area contributed by atoms with Gasteiger partial charge in [0.15, 0.2) is 17.4 Å². The Kier molecular flexibility index (Phi) is 4.43. The highest BCUT2D eigenvalue weighted by Crippen LogP contribution is 2.53. The molecule has 33 heavy (non-hydrogen) atoms. The number of ether oxygens (including phenoxy) is 2. The number of hydrogen-bond donors (Lipinski definition) is 0. The van der Waals surface area contributed by atoms with Crippen molar-refractivity contribution in [2.75, 3.05) is 4.90 Å². The van der Waals surface area contributed by atoms with Gasteiger partial charge in [-0.2, -0.15) is 4.98 Å². The van der Waals surface area contributed by atoms with E-state index in [0.29, 0.717) is 12.6 Å². The van der Waals surface area contributed by atoms with Crippen molar-refractivity contribution in [1.29, 1.82) is 0 Å². The summed E-state index contributed by atoms with van der Waals surface area (Å²) in [6.07, 6.45) is 5.85. The predicted octanol–water partition coefficient (Wildman–Crippen LogP) is 4.11. The smallest absolute Gasteiger partial charge is 0.352 e. The van der Waals surface area contributed by atoms with Crippen LogP contribution in [0.2, 0.25) is 0 Å². The van der Waals surface area contributed by atoms with Crippen LogP contribution in [0.5, 0.6) is 17.4 Å². The van der Waals surface area contributed by atoms with E-state index < -0.39 is 17.4 Å². The first-order valence-electron chi connectivity index (χ1n) is 11.0. The lowest BCUT2D eigenvalue weighted by Crippen LogP contribution is -2.38. The summed E-state index contributed by atoms with van der Waals surface area (Å²) < 4.78 is 41.9. The first-order valence-corrected chi connectivity index (χ1v) is 11.0. The van der Waals surface area contributed by atoms with Gasteiger partial charge >= 0.3 is 5.69 Å². The molecular formula is C24H22F2N4O3.